The van der Waals surface area contributed by atoms with Gasteiger partial charge in [0.05, 0.1) is 14.2 Å². The minimum atomic E-state index is -0.287. The van der Waals surface area contributed by atoms with E-state index in [-0.39, 0.29) is 5.82 Å². The predicted molar refractivity (Wildman–Crippen MR) is 83.0 cm³/mol. The van der Waals surface area contributed by atoms with Crippen molar-refractivity contribution in [3.63, 3.8) is 0 Å². The maximum absolute atomic E-state index is 13.7. The number of aryl methyl sites for hydroxylation is 1. The van der Waals surface area contributed by atoms with E-state index in [0.717, 1.165) is 11.3 Å². The van der Waals surface area contributed by atoms with Crippen LogP contribution in [0, 0.1) is 12.7 Å². The first-order chi connectivity index (χ1) is 10.0. The summed E-state index contributed by atoms with van der Waals surface area (Å²) in [6.45, 7) is 2.28. The molecule has 0 radical (unpaired) electrons. The molecule has 0 saturated heterocycles. The van der Waals surface area contributed by atoms with Crippen LogP contribution in [0.25, 0.3) is 0 Å². The number of hydrogen-bond acceptors (Lipinski definition) is 3. The van der Waals surface area contributed by atoms with Crippen molar-refractivity contribution in [2.24, 2.45) is 0 Å². The highest BCUT2D eigenvalue weighted by atomic mass is 35.5. The van der Waals surface area contributed by atoms with Gasteiger partial charge in [0.1, 0.15) is 5.82 Å². The maximum atomic E-state index is 13.7. The summed E-state index contributed by atoms with van der Waals surface area (Å²) in [5, 5.41) is 3.70. The number of hydrogen-bond donors (Lipinski definition) is 1. The third-order valence-electron chi connectivity index (χ3n) is 3.21. The molecular weight excluding hydrogens is 293 g/mol. The monoisotopic (exact) mass is 309 g/mol. The van der Waals surface area contributed by atoms with Gasteiger partial charge in [-0.15, -0.1) is 0 Å². The lowest BCUT2D eigenvalue weighted by molar-refractivity contribution is 0.355. The molecule has 0 aromatic heterocycles. The van der Waals surface area contributed by atoms with Gasteiger partial charge in [0, 0.05) is 28.9 Å². The molecule has 0 saturated carbocycles. The van der Waals surface area contributed by atoms with Crippen molar-refractivity contribution in [1.29, 1.82) is 0 Å². The second-order valence-corrected chi connectivity index (χ2v) is 5.05. The van der Waals surface area contributed by atoms with Gasteiger partial charge in [-0.2, -0.15) is 0 Å². The first kappa shape index (κ1) is 15.4. The topological polar surface area (TPSA) is 30.5 Å². The summed E-state index contributed by atoms with van der Waals surface area (Å²) in [5.41, 5.74) is 2.35. The third-order valence-corrected chi connectivity index (χ3v) is 3.44. The van der Waals surface area contributed by atoms with Crippen molar-refractivity contribution in [1.82, 2.24) is 0 Å². The zero-order chi connectivity index (χ0) is 15.4. The van der Waals surface area contributed by atoms with Crippen LogP contribution in [0.4, 0.5) is 10.1 Å². The summed E-state index contributed by atoms with van der Waals surface area (Å²) in [4.78, 5) is 0. The van der Waals surface area contributed by atoms with Crippen molar-refractivity contribution in [3.8, 4) is 11.5 Å². The third kappa shape index (κ3) is 3.58. The van der Waals surface area contributed by atoms with E-state index in [2.05, 4.69) is 5.32 Å². The molecule has 0 heterocycles. The maximum Gasteiger partial charge on any atom is 0.162 e. The van der Waals surface area contributed by atoms with Crippen LogP contribution in [0.5, 0.6) is 11.5 Å². The Morgan fingerprint density at radius 2 is 1.76 bits per heavy atom. The molecule has 0 fully saturated rings. The van der Waals surface area contributed by atoms with Crippen LogP contribution in [0.2, 0.25) is 5.02 Å². The van der Waals surface area contributed by atoms with Crippen LogP contribution < -0.4 is 14.8 Å². The van der Waals surface area contributed by atoms with Gasteiger partial charge in [-0.25, -0.2) is 4.39 Å². The lowest BCUT2D eigenvalue weighted by atomic mass is 10.1. The summed E-state index contributed by atoms with van der Waals surface area (Å²) in [7, 11) is 3.17. The smallest absolute Gasteiger partial charge is 0.162 e. The first-order valence-corrected chi connectivity index (χ1v) is 6.83. The van der Waals surface area contributed by atoms with Crippen LogP contribution >= 0.6 is 11.6 Å². The summed E-state index contributed by atoms with van der Waals surface area (Å²) < 4.78 is 24.2. The van der Waals surface area contributed by atoms with E-state index in [1.54, 1.807) is 20.3 Å². The molecule has 21 heavy (non-hydrogen) atoms. The Morgan fingerprint density at radius 3 is 2.43 bits per heavy atom. The molecule has 2 aromatic carbocycles. The number of nitrogens with one attached hydrogen (secondary N) is 1. The molecule has 0 atom stereocenters. The van der Waals surface area contributed by atoms with Gasteiger partial charge in [-0.05, 0) is 36.8 Å². The molecule has 0 bridgehead atoms. The van der Waals surface area contributed by atoms with E-state index >= 15 is 0 Å². The Labute approximate surface area is 128 Å². The number of benzene rings is 2. The molecule has 0 amide bonds. The SMILES string of the molecule is COc1cc(C)c(NCc2cc(Cl)ccc2F)cc1OC. The van der Waals surface area contributed by atoms with E-state index in [9.17, 15) is 4.39 Å². The fraction of sp³-hybridized carbons (Fsp3) is 0.250. The lowest BCUT2D eigenvalue weighted by Gasteiger charge is -2.14. The van der Waals surface area contributed by atoms with Crippen LogP contribution in [-0.2, 0) is 6.54 Å². The molecule has 2 rings (SSSR count). The van der Waals surface area contributed by atoms with Crippen LogP contribution in [0.1, 0.15) is 11.1 Å². The molecule has 0 aliphatic rings. The Balaban J connectivity index is 2.21. The van der Waals surface area contributed by atoms with Gasteiger partial charge >= 0.3 is 0 Å². The van der Waals surface area contributed by atoms with E-state index in [1.165, 1.54) is 12.1 Å². The first-order valence-electron chi connectivity index (χ1n) is 6.45. The summed E-state index contributed by atoms with van der Waals surface area (Å²) in [5.74, 6) is 0.997. The average Bonchev–Trinajstić information content (AvgIpc) is 2.48. The Morgan fingerprint density at radius 1 is 1.10 bits per heavy atom. The highest BCUT2D eigenvalue weighted by Gasteiger charge is 2.09. The van der Waals surface area contributed by atoms with Crippen LogP contribution in [0.3, 0.4) is 0 Å². The van der Waals surface area contributed by atoms with E-state index in [0.29, 0.717) is 28.6 Å². The summed E-state index contributed by atoms with van der Waals surface area (Å²) in [6.07, 6.45) is 0. The Bertz CT molecular complexity index is 646. The van der Waals surface area contributed by atoms with Crippen molar-refractivity contribution in [2.45, 2.75) is 13.5 Å². The molecule has 1 N–H and O–H groups in total. The van der Waals surface area contributed by atoms with Crippen molar-refractivity contribution in [3.05, 3.63) is 52.3 Å². The quantitative estimate of drug-likeness (QED) is 0.887. The highest BCUT2D eigenvalue weighted by molar-refractivity contribution is 6.30. The molecular formula is C16H17ClFNO2. The molecule has 0 unspecified atom stereocenters. The molecule has 112 valence electrons. The molecule has 0 aliphatic carbocycles. The average molecular weight is 310 g/mol. The van der Waals surface area contributed by atoms with E-state index < -0.39 is 0 Å². The molecule has 0 aliphatic heterocycles. The van der Waals surface area contributed by atoms with Gasteiger partial charge < -0.3 is 14.8 Å². The van der Waals surface area contributed by atoms with Gasteiger partial charge in [0.2, 0.25) is 0 Å². The Kier molecular flexibility index (Phi) is 4.91. The van der Waals surface area contributed by atoms with Crippen molar-refractivity contribution >= 4 is 17.3 Å². The number of ether oxygens (including phenoxy) is 2. The zero-order valence-electron chi connectivity index (χ0n) is 12.2. The fourth-order valence-electron chi connectivity index (χ4n) is 2.04. The van der Waals surface area contributed by atoms with Crippen LogP contribution in [-0.4, -0.2) is 14.2 Å². The van der Waals surface area contributed by atoms with Crippen LogP contribution in [0.15, 0.2) is 30.3 Å². The molecule has 0 spiro atoms. The second kappa shape index (κ2) is 6.68. The minimum absolute atomic E-state index is 0.287. The summed E-state index contributed by atoms with van der Waals surface area (Å²) >= 11 is 5.89. The number of rotatable bonds is 5. The standard InChI is InChI=1S/C16H17ClFNO2/c1-10-6-15(20-2)16(21-3)8-14(10)19-9-11-7-12(17)4-5-13(11)18/h4-8,19H,9H2,1-3H3. The van der Waals surface area contributed by atoms with E-state index in [1.807, 2.05) is 19.1 Å². The van der Waals surface area contributed by atoms with Gasteiger partial charge in [0.25, 0.3) is 0 Å². The minimum Gasteiger partial charge on any atom is -0.493 e. The van der Waals surface area contributed by atoms with Crippen molar-refractivity contribution in [2.75, 3.05) is 19.5 Å². The second-order valence-electron chi connectivity index (χ2n) is 4.61. The predicted octanol–water partition coefficient (Wildman–Crippen LogP) is 4.42. The highest BCUT2D eigenvalue weighted by Crippen LogP contribution is 2.33. The lowest BCUT2D eigenvalue weighted by Crippen LogP contribution is -2.04. The zero-order valence-corrected chi connectivity index (χ0v) is 12.9. The Hall–Kier alpha value is -1.94. The largest absolute Gasteiger partial charge is 0.493 e. The van der Waals surface area contributed by atoms with Gasteiger partial charge in [0.15, 0.2) is 11.5 Å². The van der Waals surface area contributed by atoms with Gasteiger partial charge in [-0.1, -0.05) is 11.6 Å². The number of anilines is 1. The fourth-order valence-corrected chi connectivity index (χ4v) is 2.24. The molecule has 5 heteroatoms. The van der Waals surface area contributed by atoms with Crippen molar-refractivity contribution < 1.29 is 13.9 Å². The number of methoxy groups -OCH3 is 2. The number of halogens is 2. The normalized spacial score (nSPS) is 10.3. The van der Waals surface area contributed by atoms with Gasteiger partial charge in [-0.3, -0.25) is 0 Å². The molecule has 2 aromatic rings. The summed E-state index contributed by atoms with van der Waals surface area (Å²) in [6, 6.07) is 8.20. The van der Waals surface area contributed by atoms with E-state index in [4.69, 9.17) is 21.1 Å². The molecule has 3 nitrogen and oxygen atoms in total.